The number of nitrogens with one attached hydrogen (secondary N) is 2. The maximum Gasteiger partial charge on any atom is 0.314 e. The van der Waals surface area contributed by atoms with Crippen LogP contribution in [0.3, 0.4) is 0 Å². The summed E-state index contributed by atoms with van der Waals surface area (Å²) in [6, 6.07) is 2.21. The Morgan fingerprint density at radius 1 is 1.55 bits per heavy atom. The molecule has 1 aliphatic rings. The van der Waals surface area contributed by atoms with Gasteiger partial charge in [0.05, 0.1) is 12.6 Å². The Hall–Kier alpha value is -1.11. The summed E-state index contributed by atoms with van der Waals surface area (Å²) in [4.78, 5) is 13.9. The van der Waals surface area contributed by atoms with Crippen molar-refractivity contribution in [1.82, 2.24) is 15.5 Å². The molecule has 2 rings (SSSR count). The van der Waals surface area contributed by atoms with Gasteiger partial charge in [-0.15, -0.1) is 0 Å². The molecule has 0 bridgehead atoms. The molecule has 0 aliphatic carbocycles. The van der Waals surface area contributed by atoms with Gasteiger partial charge in [-0.25, -0.2) is 4.79 Å². The van der Waals surface area contributed by atoms with Gasteiger partial charge in [0.25, 0.3) is 0 Å². The van der Waals surface area contributed by atoms with Crippen LogP contribution in [0.4, 0.5) is 4.79 Å². The number of ether oxygens (including phenoxy) is 1. The van der Waals surface area contributed by atoms with Crippen molar-refractivity contribution >= 4 is 17.4 Å². The second-order valence-corrected chi connectivity index (χ2v) is 6.14. The number of hydrogen-bond donors (Lipinski definition) is 2. The molecule has 1 aromatic heterocycles. The highest BCUT2D eigenvalue weighted by molar-refractivity contribution is 7.07. The number of likely N-dealkylation sites (N-methyl/N-ethyl adjacent to an activating group) is 1. The van der Waals surface area contributed by atoms with E-state index in [2.05, 4.69) is 32.4 Å². The Kier molecular flexibility index (Phi) is 5.82. The smallest absolute Gasteiger partial charge is 0.314 e. The molecule has 2 atom stereocenters. The number of hydrogen-bond acceptors (Lipinski definition) is 4. The SMILES string of the molecule is CN(C)C(CNC(=O)NCC1CCOC1)c1ccsc1. The van der Waals surface area contributed by atoms with Crippen LogP contribution in [0.25, 0.3) is 0 Å². The maximum absolute atomic E-state index is 11.8. The average molecular weight is 297 g/mol. The zero-order chi connectivity index (χ0) is 14.4. The molecular weight excluding hydrogens is 274 g/mol. The van der Waals surface area contributed by atoms with Gasteiger partial charge in [-0.1, -0.05) is 0 Å². The van der Waals surface area contributed by atoms with Gasteiger partial charge in [-0.3, -0.25) is 0 Å². The highest BCUT2D eigenvalue weighted by Crippen LogP contribution is 2.19. The van der Waals surface area contributed by atoms with E-state index in [1.165, 1.54) is 5.56 Å². The van der Waals surface area contributed by atoms with Crippen molar-refractivity contribution in [2.75, 3.05) is 40.4 Å². The van der Waals surface area contributed by atoms with Crippen molar-refractivity contribution in [2.24, 2.45) is 5.92 Å². The number of thiophene rings is 1. The third-order valence-corrected chi connectivity index (χ3v) is 4.28. The van der Waals surface area contributed by atoms with Gasteiger partial charge < -0.3 is 20.3 Å². The third-order valence-electron chi connectivity index (χ3n) is 3.58. The number of rotatable bonds is 6. The zero-order valence-electron chi connectivity index (χ0n) is 12.1. The van der Waals surface area contributed by atoms with E-state index in [-0.39, 0.29) is 12.1 Å². The standard InChI is InChI=1S/C14H23N3O2S/c1-17(2)13(12-4-6-20-10-12)8-16-14(18)15-7-11-3-5-19-9-11/h4,6,10-11,13H,3,5,7-9H2,1-2H3,(H2,15,16,18). The highest BCUT2D eigenvalue weighted by atomic mass is 32.1. The van der Waals surface area contributed by atoms with E-state index in [4.69, 9.17) is 4.74 Å². The summed E-state index contributed by atoms with van der Waals surface area (Å²) in [5.74, 6) is 0.460. The Labute approximate surface area is 124 Å². The monoisotopic (exact) mass is 297 g/mol. The fourth-order valence-corrected chi connectivity index (χ4v) is 3.00. The third kappa shape index (κ3) is 4.47. The molecule has 6 heteroatoms. The molecule has 112 valence electrons. The lowest BCUT2D eigenvalue weighted by atomic mass is 10.1. The number of nitrogens with zero attached hydrogens (tertiary/aromatic N) is 1. The number of carbonyl (C=O) groups excluding carboxylic acids is 1. The minimum absolute atomic E-state index is 0.0982. The first kappa shape index (κ1) is 15.3. The summed E-state index contributed by atoms with van der Waals surface area (Å²) < 4.78 is 5.29. The molecule has 1 saturated heterocycles. The molecule has 0 radical (unpaired) electrons. The van der Waals surface area contributed by atoms with E-state index in [0.717, 1.165) is 19.6 Å². The summed E-state index contributed by atoms with van der Waals surface area (Å²) in [6.07, 6.45) is 1.04. The molecule has 2 heterocycles. The minimum Gasteiger partial charge on any atom is -0.381 e. The van der Waals surface area contributed by atoms with E-state index in [9.17, 15) is 4.79 Å². The largest absolute Gasteiger partial charge is 0.381 e. The summed E-state index contributed by atoms with van der Waals surface area (Å²) in [7, 11) is 4.05. The van der Waals surface area contributed by atoms with Crippen LogP contribution >= 0.6 is 11.3 Å². The van der Waals surface area contributed by atoms with Gasteiger partial charge in [-0.05, 0) is 42.9 Å². The molecule has 5 nitrogen and oxygen atoms in total. The molecular formula is C14H23N3O2S. The van der Waals surface area contributed by atoms with Crippen LogP contribution in [0.15, 0.2) is 16.8 Å². The number of urea groups is 1. The number of carbonyl (C=O) groups is 1. The lowest BCUT2D eigenvalue weighted by molar-refractivity contribution is 0.185. The Morgan fingerprint density at radius 3 is 3.00 bits per heavy atom. The average Bonchev–Trinajstić information content (AvgIpc) is 3.09. The Morgan fingerprint density at radius 2 is 2.40 bits per heavy atom. The van der Waals surface area contributed by atoms with Gasteiger partial charge in [-0.2, -0.15) is 11.3 Å². The van der Waals surface area contributed by atoms with E-state index in [1.807, 2.05) is 14.1 Å². The molecule has 1 aliphatic heterocycles. The quantitative estimate of drug-likeness (QED) is 0.840. The predicted molar refractivity (Wildman–Crippen MR) is 81.1 cm³/mol. The molecule has 2 N–H and O–H groups in total. The van der Waals surface area contributed by atoms with E-state index >= 15 is 0 Å². The second kappa shape index (κ2) is 7.61. The van der Waals surface area contributed by atoms with Gasteiger partial charge >= 0.3 is 6.03 Å². The fraction of sp³-hybridized carbons (Fsp3) is 0.643. The summed E-state index contributed by atoms with van der Waals surface area (Å²) in [6.45, 7) is 2.87. The first-order valence-electron chi connectivity index (χ1n) is 6.94. The molecule has 1 aromatic rings. The van der Waals surface area contributed by atoms with Gasteiger partial charge in [0, 0.05) is 25.6 Å². The Bertz CT molecular complexity index is 403. The van der Waals surface area contributed by atoms with Crippen LogP contribution < -0.4 is 10.6 Å². The van der Waals surface area contributed by atoms with Crippen LogP contribution in [0.1, 0.15) is 18.0 Å². The molecule has 2 unspecified atom stereocenters. The topological polar surface area (TPSA) is 53.6 Å². The molecule has 0 spiro atoms. The van der Waals surface area contributed by atoms with Crippen molar-refractivity contribution in [3.05, 3.63) is 22.4 Å². The van der Waals surface area contributed by atoms with Gasteiger partial charge in [0.2, 0.25) is 0 Å². The van der Waals surface area contributed by atoms with Crippen LogP contribution in [-0.2, 0) is 4.74 Å². The van der Waals surface area contributed by atoms with Crippen LogP contribution in [0.5, 0.6) is 0 Å². The Balaban J connectivity index is 1.73. The van der Waals surface area contributed by atoms with Crippen molar-refractivity contribution in [2.45, 2.75) is 12.5 Å². The van der Waals surface area contributed by atoms with Crippen LogP contribution in [0.2, 0.25) is 0 Å². The van der Waals surface area contributed by atoms with E-state index in [0.29, 0.717) is 19.0 Å². The molecule has 1 fully saturated rings. The highest BCUT2D eigenvalue weighted by Gasteiger charge is 2.18. The summed E-state index contributed by atoms with van der Waals surface area (Å²) in [5, 5.41) is 10.1. The van der Waals surface area contributed by atoms with Crippen LogP contribution in [0, 0.1) is 5.92 Å². The second-order valence-electron chi connectivity index (χ2n) is 5.36. The fourth-order valence-electron chi connectivity index (χ4n) is 2.30. The van der Waals surface area contributed by atoms with E-state index < -0.39 is 0 Å². The predicted octanol–water partition coefficient (Wildman–Crippen LogP) is 1.69. The van der Waals surface area contributed by atoms with Gasteiger partial charge in [0.1, 0.15) is 0 Å². The minimum atomic E-state index is -0.0982. The van der Waals surface area contributed by atoms with Crippen molar-refractivity contribution in [1.29, 1.82) is 0 Å². The van der Waals surface area contributed by atoms with Crippen molar-refractivity contribution in [3.63, 3.8) is 0 Å². The van der Waals surface area contributed by atoms with Gasteiger partial charge in [0.15, 0.2) is 0 Å². The normalized spacial score (nSPS) is 20.1. The van der Waals surface area contributed by atoms with E-state index in [1.54, 1.807) is 11.3 Å². The van der Waals surface area contributed by atoms with Crippen molar-refractivity contribution in [3.8, 4) is 0 Å². The zero-order valence-corrected chi connectivity index (χ0v) is 12.9. The summed E-state index contributed by atoms with van der Waals surface area (Å²) >= 11 is 1.68. The van der Waals surface area contributed by atoms with Crippen molar-refractivity contribution < 1.29 is 9.53 Å². The molecule has 20 heavy (non-hydrogen) atoms. The molecule has 0 aromatic carbocycles. The molecule has 0 saturated carbocycles. The first-order chi connectivity index (χ1) is 9.66. The number of amides is 2. The maximum atomic E-state index is 11.8. The lowest BCUT2D eigenvalue weighted by Gasteiger charge is -2.24. The summed E-state index contributed by atoms with van der Waals surface area (Å²) in [5.41, 5.74) is 1.24. The molecule has 2 amide bonds. The lowest BCUT2D eigenvalue weighted by Crippen LogP contribution is -2.42. The first-order valence-corrected chi connectivity index (χ1v) is 7.89. The van der Waals surface area contributed by atoms with Crippen LogP contribution in [-0.4, -0.2) is 51.3 Å².